The van der Waals surface area contributed by atoms with Crippen molar-refractivity contribution in [2.45, 2.75) is 13.8 Å². The van der Waals surface area contributed by atoms with Crippen molar-refractivity contribution in [3.63, 3.8) is 0 Å². The zero-order chi connectivity index (χ0) is 15.4. The Balaban J connectivity index is 1.94. The Hall–Kier alpha value is -2.07. The summed E-state index contributed by atoms with van der Waals surface area (Å²) in [4.78, 5) is 11.8. The van der Waals surface area contributed by atoms with Gasteiger partial charge in [0, 0.05) is 5.69 Å². The van der Waals surface area contributed by atoms with E-state index in [2.05, 4.69) is 10.6 Å². The first-order chi connectivity index (χ1) is 9.95. The molecule has 0 aromatic heterocycles. The molecule has 0 bridgehead atoms. The van der Waals surface area contributed by atoms with E-state index in [0.29, 0.717) is 22.0 Å². The lowest BCUT2D eigenvalue weighted by Gasteiger charge is -2.10. The largest absolute Gasteiger partial charge is 0.375 e. The van der Waals surface area contributed by atoms with E-state index in [1.807, 2.05) is 25.1 Å². The molecule has 110 valence electrons. The Morgan fingerprint density at radius 1 is 1.19 bits per heavy atom. The van der Waals surface area contributed by atoms with Crippen LogP contribution in [0, 0.1) is 19.7 Å². The van der Waals surface area contributed by atoms with Crippen molar-refractivity contribution < 1.29 is 9.18 Å². The minimum absolute atomic E-state index is 0.0538. The zero-order valence-electron chi connectivity index (χ0n) is 11.8. The van der Waals surface area contributed by atoms with Crippen molar-refractivity contribution in [2.24, 2.45) is 0 Å². The van der Waals surface area contributed by atoms with Crippen LogP contribution in [0.15, 0.2) is 36.4 Å². The van der Waals surface area contributed by atoms with Gasteiger partial charge in [-0.15, -0.1) is 0 Å². The first-order valence-electron chi connectivity index (χ1n) is 6.52. The average molecular weight is 307 g/mol. The fraction of sp³-hybridized carbons (Fsp3) is 0.188. The van der Waals surface area contributed by atoms with E-state index in [9.17, 15) is 9.18 Å². The molecule has 2 rings (SSSR count). The summed E-state index contributed by atoms with van der Waals surface area (Å²) in [7, 11) is 0. The summed E-state index contributed by atoms with van der Waals surface area (Å²) < 4.78 is 13.4. The van der Waals surface area contributed by atoms with Crippen LogP contribution in [-0.4, -0.2) is 12.5 Å². The molecule has 0 aliphatic heterocycles. The molecular weight excluding hydrogens is 291 g/mol. The van der Waals surface area contributed by atoms with Crippen molar-refractivity contribution in [1.29, 1.82) is 0 Å². The smallest absolute Gasteiger partial charge is 0.243 e. The second kappa shape index (κ2) is 6.59. The van der Waals surface area contributed by atoms with Crippen molar-refractivity contribution in [1.82, 2.24) is 0 Å². The SMILES string of the molecule is Cc1ccc(NCC(=O)Nc2ccc(C)c(F)c2)c(Cl)c1. The number of carbonyl (C=O) groups is 1. The number of nitrogens with one attached hydrogen (secondary N) is 2. The van der Waals surface area contributed by atoms with Gasteiger partial charge in [-0.05, 0) is 49.2 Å². The van der Waals surface area contributed by atoms with Crippen LogP contribution in [0.5, 0.6) is 0 Å². The van der Waals surface area contributed by atoms with Crippen LogP contribution >= 0.6 is 11.6 Å². The highest BCUT2D eigenvalue weighted by Crippen LogP contribution is 2.22. The molecule has 0 fully saturated rings. The Kier molecular flexibility index (Phi) is 4.81. The number of benzene rings is 2. The highest BCUT2D eigenvalue weighted by Gasteiger charge is 2.06. The van der Waals surface area contributed by atoms with Gasteiger partial charge in [-0.1, -0.05) is 23.7 Å². The van der Waals surface area contributed by atoms with Gasteiger partial charge in [-0.25, -0.2) is 4.39 Å². The standard InChI is InChI=1S/C16H16ClFN2O/c1-10-3-6-15(13(17)7-10)19-9-16(21)20-12-5-4-11(2)14(18)8-12/h3-8,19H,9H2,1-2H3,(H,20,21). The monoisotopic (exact) mass is 306 g/mol. The van der Waals surface area contributed by atoms with Crippen molar-refractivity contribution in [3.05, 3.63) is 58.4 Å². The molecule has 0 unspecified atom stereocenters. The van der Waals surface area contributed by atoms with E-state index >= 15 is 0 Å². The predicted molar refractivity (Wildman–Crippen MR) is 84.4 cm³/mol. The van der Waals surface area contributed by atoms with Crippen molar-refractivity contribution in [3.8, 4) is 0 Å². The van der Waals surface area contributed by atoms with Gasteiger partial charge in [0.1, 0.15) is 5.82 Å². The molecule has 0 aliphatic carbocycles. The summed E-state index contributed by atoms with van der Waals surface area (Å²) in [5.74, 6) is -0.614. The lowest BCUT2D eigenvalue weighted by molar-refractivity contribution is -0.114. The number of hydrogen-bond donors (Lipinski definition) is 2. The Morgan fingerprint density at radius 2 is 1.95 bits per heavy atom. The number of halogens is 2. The highest BCUT2D eigenvalue weighted by molar-refractivity contribution is 6.33. The van der Waals surface area contributed by atoms with E-state index in [0.717, 1.165) is 5.56 Å². The summed E-state index contributed by atoms with van der Waals surface area (Å²) in [5, 5.41) is 6.13. The minimum atomic E-state index is -0.345. The van der Waals surface area contributed by atoms with Crippen molar-refractivity contribution in [2.75, 3.05) is 17.2 Å². The van der Waals surface area contributed by atoms with Crippen LogP contribution in [0.1, 0.15) is 11.1 Å². The molecule has 0 saturated heterocycles. The van der Waals surface area contributed by atoms with E-state index in [-0.39, 0.29) is 18.3 Å². The molecule has 0 spiro atoms. The Labute approximate surface area is 128 Å². The van der Waals surface area contributed by atoms with Gasteiger partial charge in [-0.3, -0.25) is 4.79 Å². The van der Waals surface area contributed by atoms with E-state index in [4.69, 9.17) is 11.6 Å². The number of rotatable bonds is 4. The highest BCUT2D eigenvalue weighted by atomic mass is 35.5. The van der Waals surface area contributed by atoms with Gasteiger partial charge in [0.25, 0.3) is 0 Å². The fourth-order valence-corrected chi connectivity index (χ4v) is 2.12. The van der Waals surface area contributed by atoms with Crippen LogP contribution in [0.4, 0.5) is 15.8 Å². The number of anilines is 2. The van der Waals surface area contributed by atoms with E-state index in [1.165, 1.54) is 6.07 Å². The van der Waals surface area contributed by atoms with Gasteiger partial charge in [-0.2, -0.15) is 0 Å². The normalized spacial score (nSPS) is 10.3. The first-order valence-corrected chi connectivity index (χ1v) is 6.89. The lowest BCUT2D eigenvalue weighted by Crippen LogP contribution is -2.22. The molecule has 0 atom stereocenters. The quantitative estimate of drug-likeness (QED) is 0.891. The van der Waals surface area contributed by atoms with Crippen LogP contribution in [0.3, 0.4) is 0 Å². The van der Waals surface area contributed by atoms with Gasteiger partial charge in [0.15, 0.2) is 0 Å². The van der Waals surface area contributed by atoms with Crippen LogP contribution in [0.2, 0.25) is 5.02 Å². The third-order valence-corrected chi connectivity index (χ3v) is 3.33. The van der Waals surface area contributed by atoms with Gasteiger partial charge >= 0.3 is 0 Å². The van der Waals surface area contributed by atoms with Crippen molar-refractivity contribution >= 4 is 28.9 Å². The summed E-state index contributed by atoms with van der Waals surface area (Å²) >= 11 is 6.07. The van der Waals surface area contributed by atoms with Crippen LogP contribution in [-0.2, 0) is 4.79 Å². The summed E-state index contributed by atoms with van der Waals surface area (Å²) in [6, 6.07) is 10.1. The molecule has 1 amide bonds. The second-order valence-electron chi connectivity index (χ2n) is 4.85. The maximum absolute atomic E-state index is 13.4. The molecule has 21 heavy (non-hydrogen) atoms. The number of aryl methyl sites for hydroxylation is 2. The zero-order valence-corrected chi connectivity index (χ0v) is 12.6. The van der Waals surface area contributed by atoms with E-state index < -0.39 is 0 Å². The maximum Gasteiger partial charge on any atom is 0.243 e. The number of amides is 1. The van der Waals surface area contributed by atoms with Gasteiger partial charge < -0.3 is 10.6 Å². The summed E-state index contributed by atoms with van der Waals surface area (Å²) in [6.07, 6.45) is 0. The fourth-order valence-electron chi connectivity index (χ4n) is 1.81. The number of carbonyl (C=O) groups excluding carboxylic acids is 1. The summed E-state index contributed by atoms with van der Waals surface area (Å²) in [6.45, 7) is 3.66. The lowest BCUT2D eigenvalue weighted by atomic mass is 10.2. The third kappa shape index (κ3) is 4.20. The van der Waals surface area contributed by atoms with Crippen LogP contribution in [0.25, 0.3) is 0 Å². The Bertz CT molecular complexity index is 673. The molecule has 0 saturated carbocycles. The average Bonchev–Trinajstić information content (AvgIpc) is 2.42. The molecule has 2 aromatic carbocycles. The minimum Gasteiger partial charge on any atom is -0.375 e. The maximum atomic E-state index is 13.4. The molecular formula is C16H16ClFN2O. The van der Waals surface area contributed by atoms with Gasteiger partial charge in [0.2, 0.25) is 5.91 Å². The summed E-state index contributed by atoms with van der Waals surface area (Å²) in [5.41, 5.74) is 2.70. The third-order valence-electron chi connectivity index (χ3n) is 3.02. The topological polar surface area (TPSA) is 41.1 Å². The molecule has 2 aromatic rings. The predicted octanol–water partition coefficient (Wildman–Crippen LogP) is 4.15. The first kappa shape index (κ1) is 15.3. The molecule has 2 N–H and O–H groups in total. The second-order valence-corrected chi connectivity index (χ2v) is 5.26. The molecule has 0 aliphatic rings. The molecule has 0 heterocycles. The number of hydrogen-bond acceptors (Lipinski definition) is 2. The van der Waals surface area contributed by atoms with Gasteiger partial charge in [0.05, 0.1) is 17.3 Å². The van der Waals surface area contributed by atoms with E-state index in [1.54, 1.807) is 19.1 Å². The molecule has 0 radical (unpaired) electrons. The Morgan fingerprint density at radius 3 is 2.62 bits per heavy atom. The molecule has 5 heteroatoms. The van der Waals surface area contributed by atoms with Crippen LogP contribution < -0.4 is 10.6 Å². The molecule has 3 nitrogen and oxygen atoms in total.